The van der Waals surface area contributed by atoms with E-state index in [9.17, 15) is 9.59 Å². The summed E-state index contributed by atoms with van der Waals surface area (Å²) >= 11 is 6.01. The Labute approximate surface area is 157 Å². The van der Waals surface area contributed by atoms with Gasteiger partial charge in [-0.05, 0) is 49.2 Å². The van der Waals surface area contributed by atoms with Crippen LogP contribution in [0, 0.1) is 6.92 Å². The van der Waals surface area contributed by atoms with E-state index in [1.807, 2.05) is 13.0 Å². The molecule has 2 amide bonds. The molecule has 1 saturated heterocycles. The van der Waals surface area contributed by atoms with Gasteiger partial charge in [-0.15, -0.1) is 0 Å². The number of nitrogens with one attached hydrogen (secondary N) is 1. The van der Waals surface area contributed by atoms with E-state index in [4.69, 9.17) is 16.0 Å². The Hall–Kier alpha value is -2.31. The Morgan fingerprint density at radius 2 is 2.04 bits per heavy atom. The molecule has 1 aromatic carbocycles. The summed E-state index contributed by atoms with van der Waals surface area (Å²) in [6.45, 7) is 4.86. The van der Waals surface area contributed by atoms with Gasteiger partial charge in [0, 0.05) is 36.9 Å². The molecular formula is C19H22ClN3O3. The minimum absolute atomic E-state index is 0.0717. The number of hydrogen-bond acceptors (Lipinski definition) is 4. The van der Waals surface area contributed by atoms with Gasteiger partial charge < -0.3 is 14.6 Å². The van der Waals surface area contributed by atoms with Gasteiger partial charge in [-0.2, -0.15) is 0 Å². The van der Waals surface area contributed by atoms with Crippen LogP contribution in [0.3, 0.4) is 0 Å². The van der Waals surface area contributed by atoms with E-state index in [1.165, 1.54) is 6.26 Å². The molecule has 1 N–H and O–H groups in total. The maximum Gasteiger partial charge on any atom is 0.289 e. The quantitative estimate of drug-likeness (QED) is 0.892. The number of carbonyl (C=O) groups is 2. The van der Waals surface area contributed by atoms with Crippen molar-refractivity contribution in [2.45, 2.75) is 13.3 Å². The van der Waals surface area contributed by atoms with Crippen molar-refractivity contribution in [3.8, 4) is 0 Å². The fraction of sp³-hybridized carbons (Fsp3) is 0.368. The average molecular weight is 376 g/mol. The van der Waals surface area contributed by atoms with Crippen LogP contribution in [0.15, 0.2) is 41.0 Å². The molecule has 7 heteroatoms. The summed E-state index contributed by atoms with van der Waals surface area (Å²) in [5.41, 5.74) is 1.66. The maximum atomic E-state index is 12.4. The third-order valence-corrected chi connectivity index (χ3v) is 4.84. The molecule has 0 unspecified atom stereocenters. The Bertz CT molecular complexity index is 776. The van der Waals surface area contributed by atoms with E-state index in [-0.39, 0.29) is 11.8 Å². The van der Waals surface area contributed by atoms with E-state index in [0.29, 0.717) is 37.0 Å². The number of amides is 2. The summed E-state index contributed by atoms with van der Waals surface area (Å²) in [6.07, 6.45) is 2.32. The predicted molar refractivity (Wildman–Crippen MR) is 100 cm³/mol. The predicted octanol–water partition coefficient (Wildman–Crippen LogP) is 3.03. The number of rotatable bonds is 4. The first-order valence-electron chi connectivity index (χ1n) is 8.64. The van der Waals surface area contributed by atoms with E-state index in [0.717, 1.165) is 24.2 Å². The van der Waals surface area contributed by atoms with E-state index >= 15 is 0 Å². The van der Waals surface area contributed by atoms with Crippen LogP contribution >= 0.6 is 11.6 Å². The van der Waals surface area contributed by atoms with Crippen LogP contribution in [0.4, 0.5) is 5.69 Å². The molecule has 138 valence electrons. The van der Waals surface area contributed by atoms with Crippen molar-refractivity contribution in [2.24, 2.45) is 0 Å². The second-order valence-electron chi connectivity index (χ2n) is 6.41. The van der Waals surface area contributed by atoms with Crippen molar-refractivity contribution in [1.29, 1.82) is 0 Å². The molecule has 2 aromatic rings. The SMILES string of the molecule is Cc1cc(NC(=O)CN2CCCN(C(=O)c3ccco3)CC2)ccc1Cl. The van der Waals surface area contributed by atoms with Crippen molar-refractivity contribution in [3.05, 3.63) is 52.9 Å². The first-order chi connectivity index (χ1) is 12.5. The van der Waals surface area contributed by atoms with Crippen LogP contribution in [0.2, 0.25) is 5.02 Å². The molecule has 0 spiro atoms. The number of hydrogen-bond donors (Lipinski definition) is 1. The van der Waals surface area contributed by atoms with Crippen molar-refractivity contribution in [3.63, 3.8) is 0 Å². The molecule has 0 bridgehead atoms. The number of anilines is 1. The number of halogens is 1. The third kappa shape index (κ3) is 4.65. The van der Waals surface area contributed by atoms with Gasteiger partial charge in [0.1, 0.15) is 0 Å². The molecule has 3 rings (SSSR count). The Morgan fingerprint density at radius 1 is 1.19 bits per heavy atom. The Balaban J connectivity index is 1.51. The van der Waals surface area contributed by atoms with Gasteiger partial charge in [0.15, 0.2) is 5.76 Å². The zero-order valence-corrected chi connectivity index (χ0v) is 15.5. The second-order valence-corrected chi connectivity index (χ2v) is 6.82. The highest BCUT2D eigenvalue weighted by Crippen LogP contribution is 2.19. The Kier molecular flexibility index (Phi) is 5.96. The van der Waals surface area contributed by atoms with Crippen LogP contribution < -0.4 is 5.32 Å². The van der Waals surface area contributed by atoms with Crippen LogP contribution in [0.25, 0.3) is 0 Å². The highest BCUT2D eigenvalue weighted by molar-refractivity contribution is 6.31. The van der Waals surface area contributed by atoms with Crippen molar-refractivity contribution in [1.82, 2.24) is 9.80 Å². The molecule has 6 nitrogen and oxygen atoms in total. The fourth-order valence-electron chi connectivity index (χ4n) is 3.01. The molecule has 2 heterocycles. The first kappa shape index (κ1) is 18.5. The number of carbonyl (C=O) groups excluding carboxylic acids is 2. The highest BCUT2D eigenvalue weighted by Gasteiger charge is 2.22. The normalized spacial score (nSPS) is 15.5. The summed E-state index contributed by atoms with van der Waals surface area (Å²) in [5.74, 6) is 0.185. The van der Waals surface area contributed by atoms with E-state index < -0.39 is 0 Å². The molecule has 0 radical (unpaired) electrons. The molecule has 0 atom stereocenters. The zero-order valence-electron chi connectivity index (χ0n) is 14.7. The van der Waals surface area contributed by atoms with Crippen molar-refractivity contribution in [2.75, 3.05) is 38.0 Å². The second kappa shape index (κ2) is 8.38. The molecule has 0 saturated carbocycles. The van der Waals surface area contributed by atoms with Gasteiger partial charge in [0.05, 0.1) is 12.8 Å². The van der Waals surface area contributed by atoms with E-state index in [2.05, 4.69) is 10.2 Å². The molecule has 1 aliphatic rings. The molecular weight excluding hydrogens is 354 g/mol. The van der Waals surface area contributed by atoms with Crippen molar-refractivity contribution >= 4 is 29.1 Å². The van der Waals surface area contributed by atoms with Gasteiger partial charge in [-0.1, -0.05) is 11.6 Å². The summed E-state index contributed by atoms with van der Waals surface area (Å²) in [5, 5.41) is 3.58. The van der Waals surface area contributed by atoms with Crippen LogP contribution in [-0.4, -0.2) is 54.3 Å². The van der Waals surface area contributed by atoms with Crippen LogP contribution in [0.5, 0.6) is 0 Å². The molecule has 26 heavy (non-hydrogen) atoms. The largest absolute Gasteiger partial charge is 0.459 e. The standard InChI is InChI=1S/C19H22ClN3O3/c1-14-12-15(5-6-16(14)20)21-18(24)13-22-7-3-8-23(10-9-22)19(25)17-4-2-11-26-17/h2,4-6,11-12H,3,7-10,13H2,1H3,(H,21,24). The van der Waals surface area contributed by atoms with Crippen LogP contribution in [-0.2, 0) is 4.79 Å². The summed E-state index contributed by atoms with van der Waals surface area (Å²) in [4.78, 5) is 28.5. The summed E-state index contributed by atoms with van der Waals surface area (Å²) < 4.78 is 5.19. The lowest BCUT2D eigenvalue weighted by atomic mass is 10.2. The monoisotopic (exact) mass is 375 g/mol. The molecule has 1 fully saturated rings. The highest BCUT2D eigenvalue weighted by atomic mass is 35.5. The number of furan rings is 1. The topological polar surface area (TPSA) is 65.8 Å². The number of benzene rings is 1. The van der Waals surface area contributed by atoms with Gasteiger partial charge >= 0.3 is 0 Å². The fourth-order valence-corrected chi connectivity index (χ4v) is 3.13. The minimum atomic E-state index is -0.0991. The van der Waals surface area contributed by atoms with Gasteiger partial charge in [0.25, 0.3) is 5.91 Å². The summed E-state index contributed by atoms with van der Waals surface area (Å²) in [6, 6.07) is 8.80. The first-order valence-corrected chi connectivity index (χ1v) is 9.02. The smallest absolute Gasteiger partial charge is 0.289 e. The summed E-state index contributed by atoms with van der Waals surface area (Å²) in [7, 11) is 0. The van der Waals surface area contributed by atoms with Crippen LogP contribution in [0.1, 0.15) is 22.5 Å². The lowest BCUT2D eigenvalue weighted by Crippen LogP contribution is -2.37. The van der Waals surface area contributed by atoms with E-state index in [1.54, 1.807) is 29.2 Å². The molecule has 1 aromatic heterocycles. The lowest BCUT2D eigenvalue weighted by molar-refractivity contribution is -0.117. The van der Waals surface area contributed by atoms with Crippen molar-refractivity contribution < 1.29 is 14.0 Å². The van der Waals surface area contributed by atoms with Gasteiger partial charge in [-0.3, -0.25) is 14.5 Å². The lowest BCUT2D eigenvalue weighted by Gasteiger charge is -2.21. The molecule has 0 aliphatic carbocycles. The minimum Gasteiger partial charge on any atom is -0.459 e. The van der Waals surface area contributed by atoms with Gasteiger partial charge in [0.2, 0.25) is 5.91 Å². The number of aryl methyl sites for hydroxylation is 1. The molecule has 1 aliphatic heterocycles. The maximum absolute atomic E-state index is 12.4. The van der Waals surface area contributed by atoms with Gasteiger partial charge in [-0.25, -0.2) is 0 Å². The number of nitrogens with zero attached hydrogens (tertiary/aromatic N) is 2. The Morgan fingerprint density at radius 3 is 2.77 bits per heavy atom. The average Bonchev–Trinajstić information content (AvgIpc) is 3.05. The zero-order chi connectivity index (χ0) is 18.5. The third-order valence-electron chi connectivity index (χ3n) is 4.42.